The minimum atomic E-state index is 0.102. The number of aromatic nitrogens is 2. The highest BCUT2D eigenvalue weighted by Gasteiger charge is 2.20. The van der Waals surface area contributed by atoms with Crippen molar-refractivity contribution in [3.63, 3.8) is 0 Å². The highest BCUT2D eigenvalue weighted by Crippen LogP contribution is 2.20. The van der Waals surface area contributed by atoms with Gasteiger partial charge in [-0.25, -0.2) is 0 Å². The van der Waals surface area contributed by atoms with Gasteiger partial charge in [-0.05, 0) is 26.1 Å². The van der Waals surface area contributed by atoms with E-state index in [4.69, 9.17) is 4.42 Å². The van der Waals surface area contributed by atoms with Gasteiger partial charge in [0.15, 0.2) is 0 Å². The van der Waals surface area contributed by atoms with Crippen molar-refractivity contribution in [2.75, 3.05) is 30.5 Å². The van der Waals surface area contributed by atoms with Gasteiger partial charge in [-0.15, -0.1) is 5.10 Å². The van der Waals surface area contributed by atoms with Crippen LogP contribution in [0.1, 0.15) is 39.1 Å². The number of thioether (sulfide) groups is 1. The van der Waals surface area contributed by atoms with Crippen molar-refractivity contribution in [1.29, 1.82) is 0 Å². The van der Waals surface area contributed by atoms with E-state index in [1.807, 2.05) is 25.7 Å². The molecule has 0 amide bonds. The Morgan fingerprint density at radius 1 is 1.39 bits per heavy atom. The molecule has 0 aromatic carbocycles. The third kappa shape index (κ3) is 3.88. The lowest BCUT2D eigenvalue weighted by atomic mass is 10.2. The maximum atomic E-state index is 5.72. The molecule has 18 heavy (non-hydrogen) atoms. The molecule has 0 bridgehead atoms. The van der Waals surface area contributed by atoms with E-state index in [-0.39, 0.29) is 6.04 Å². The first kappa shape index (κ1) is 15.3. The van der Waals surface area contributed by atoms with Gasteiger partial charge in [0, 0.05) is 18.8 Å². The molecular weight excluding hydrogens is 248 g/mol. The molecule has 0 aliphatic carbocycles. The van der Waals surface area contributed by atoms with E-state index in [0.717, 1.165) is 18.7 Å². The zero-order valence-corrected chi connectivity index (χ0v) is 12.8. The first-order chi connectivity index (χ1) is 8.63. The number of rotatable bonds is 8. The molecule has 0 saturated carbocycles. The molecule has 0 radical (unpaired) electrons. The molecule has 6 heteroatoms. The topological polar surface area (TPSA) is 54.2 Å². The van der Waals surface area contributed by atoms with Crippen LogP contribution in [0.25, 0.3) is 0 Å². The van der Waals surface area contributed by atoms with E-state index in [1.54, 1.807) is 0 Å². The average molecular weight is 272 g/mol. The Balaban J connectivity index is 2.71. The Kier molecular flexibility index (Phi) is 6.49. The van der Waals surface area contributed by atoms with Crippen LogP contribution >= 0.6 is 11.8 Å². The lowest BCUT2D eigenvalue weighted by Gasteiger charge is -2.24. The summed E-state index contributed by atoms with van der Waals surface area (Å²) in [5, 5.41) is 11.5. The standard InChI is InChI=1S/C12H24N4OS/c1-6-10(8-18-5)16(4)12-15-14-11(17-12)9(3)13-7-2/h9-10,13H,6-8H2,1-5H3. The fourth-order valence-corrected chi connectivity index (χ4v) is 2.63. The van der Waals surface area contributed by atoms with Crippen LogP contribution in [0.5, 0.6) is 0 Å². The Bertz CT molecular complexity index is 345. The molecule has 1 aromatic rings. The second-order valence-electron chi connectivity index (χ2n) is 4.33. The summed E-state index contributed by atoms with van der Waals surface area (Å²) in [5.41, 5.74) is 0. The van der Waals surface area contributed by atoms with Crippen molar-refractivity contribution in [2.24, 2.45) is 0 Å². The van der Waals surface area contributed by atoms with E-state index >= 15 is 0 Å². The van der Waals surface area contributed by atoms with Crippen LogP contribution in [0.3, 0.4) is 0 Å². The SMILES string of the molecule is CCNC(C)c1nnc(N(C)C(CC)CSC)o1. The molecule has 1 rings (SSSR count). The summed E-state index contributed by atoms with van der Waals surface area (Å²) in [4.78, 5) is 2.08. The fraction of sp³-hybridized carbons (Fsp3) is 0.833. The predicted molar refractivity (Wildman–Crippen MR) is 77.3 cm³/mol. The third-order valence-corrected chi connectivity index (χ3v) is 3.71. The van der Waals surface area contributed by atoms with E-state index in [0.29, 0.717) is 17.9 Å². The van der Waals surface area contributed by atoms with Crippen LogP contribution in [0.2, 0.25) is 0 Å². The smallest absolute Gasteiger partial charge is 0.318 e. The Labute approximate surface area is 114 Å². The van der Waals surface area contributed by atoms with Crippen molar-refractivity contribution >= 4 is 17.8 Å². The first-order valence-corrected chi connectivity index (χ1v) is 7.81. The van der Waals surface area contributed by atoms with E-state index in [9.17, 15) is 0 Å². The monoisotopic (exact) mass is 272 g/mol. The first-order valence-electron chi connectivity index (χ1n) is 6.42. The molecule has 0 aliphatic rings. The normalized spacial score (nSPS) is 14.5. The van der Waals surface area contributed by atoms with Gasteiger partial charge in [0.1, 0.15) is 0 Å². The zero-order chi connectivity index (χ0) is 13.5. The molecule has 1 heterocycles. The summed E-state index contributed by atoms with van der Waals surface area (Å²) in [6.45, 7) is 7.15. The van der Waals surface area contributed by atoms with Gasteiger partial charge in [0.05, 0.1) is 6.04 Å². The van der Waals surface area contributed by atoms with E-state index in [2.05, 4.69) is 40.5 Å². The molecular formula is C12H24N4OS. The van der Waals surface area contributed by atoms with Gasteiger partial charge in [0.25, 0.3) is 0 Å². The second-order valence-corrected chi connectivity index (χ2v) is 5.24. The molecule has 5 nitrogen and oxygen atoms in total. The van der Waals surface area contributed by atoms with Crippen LogP contribution in [-0.4, -0.2) is 41.8 Å². The number of nitrogens with one attached hydrogen (secondary N) is 1. The minimum absolute atomic E-state index is 0.102. The molecule has 1 aromatic heterocycles. The summed E-state index contributed by atoms with van der Waals surface area (Å²) in [6, 6.07) is 1.14. The van der Waals surface area contributed by atoms with Gasteiger partial charge >= 0.3 is 6.01 Å². The summed E-state index contributed by atoms with van der Waals surface area (Å²) in [5.74, 6) is 1.71. The minimum Gasteiger partial charge on any atom is -0.406 e. The molecule has 0 aliphatic heterocycles. The molecule has 0 saturated heterocycles. The fourth-order valence-electron chi connectivity index (χ4n) is 1.79. The Morgan fingerprint density at radius 3 is 2.67 bits per heavy atom. The lowest BCUT2D eigenvalue weighted by molar-refractivity contribution is 0.416. The van der Waals surface area contributed by atoms with Crippen LogP contribution in [0.4, 0.5) is 6.01 Å². The molecule has 0 spiro atoms. The molecule has 2 unspecified atom stereocenters. The van der Waals surface area contributed by atoms with E-state index in [1.165, 1.54) is 0 Å². The Morgan fingerprint density at radius 2 is 2.11 bits per heavy atom. The average Bonchev–Trinajstić information content (AvgIpc) is 2.85. The predicted octanol–water partition coefficient (Wildman–Crippen LogP) is 2.32. The van der Waals surface area contributed by atoms with E-state index < -0.39 is 0 Å². The van der Waals surface area contributed by atoms with Crippen molar-refractivity contribution in [3.05, 3.63) is 5.89 Å². The molecule has 2 atom stereocenters. The van der Waals surface area contributed by atoms with Gasteiger partial charge < -0.3 is 14.6 Å². The van der Waals surface area contributed by atoms with Crippen molar-refractivity contribution in [2.45, 2.75) is 39.3 Å². The molecule has 1 N–H and O–H groups in total. The van der Waals surface area contributed by atoms with Crippen LogP contribution in [-0.2, 0) is 0 Å². The van der Waals surface area contributed by atoms with Crippen molar-refractivity contribution in [3.8, 4) is 0 Å². The van der Waals surface area contributed by atoms with Crippen LogP contribution < -0.4 is 10.2 Å². The largest absolute Gasteiger partial charge is 0.406 e. The second kappa shape index (κ2) is 7.63. The number of nitrogens with zero attached hydrogens (tertiary/aromatic N) is 3. The van der Waals surface area contributed by atoms with Gasteiger partial charge in [0.2, 0.25) is 5.89 Å². The van der Waals surface area contributed by atoms with Gasteiger partial charge in [-0.2, -0.15) is 11.8 Å². The zero-order valence-electron chi connectivity index (χ0n) is 11.9. The number of hydrogen-bond donors (Lipinski definition) is 1. The number of anilines is 1. The summed E-state index contributed by atoms with van der Waals surface area (Å²) < 4.78 is 5.72. The number of hydrogen-bond acceptors (Lipinski definition) is 6. The molecule has 0 fully saturated rings. The summed E-state index contributed by atoms with van der Waals surface area (Å²) in [6.07, 6.45) is 3.18. The van der Waals surface area contributed by atoms with Crippen molar-refractivity contribution < 1.29 is 4.42 Å². The lowest BCUT2D eigenvalue weighted by Crippen LogP contribution is -2.33. The van der Waals surface area contributed by atoms with Crippen LogP contribution in [0.15, 0.2) is 4.42 Å². The summed E-state index contributed by atoms with van der Waals surface area (Å²) in [7, 11) is 2.01. The van der Waals surface area contributed by atoms with Crippen LogP contribution in [0, 0.1) is 0 Å². The highest BCUT2D eigenvalue weighted by molar-refractivity contribution is 7.98. The van der Waals surface area contributed by atoms with Crippen molar-refractivity contribution in [1.82, 2.24) is 15.5 Å². The third-order valence-electron chi connectivity index (χ3n) is 2.99. The Hall–Kier alpha value is -0.750. The van der Waals surface area contributed by atoms with Gasteiger partial charge in [-0.1, -0.05) is 18.9 Å². The quantitative estimate of drug-likeness (QED) is 0.784. The highest BCUT2D eigenvalue weighted by atomic mass is 32.2. The van der Waals surface area contributed by atoms with Gasteiger partial charge in [-0.3, -0.25) is 0 Å². The molecule has 104 valence electrons. The summed E-state index contributed by atoms with van der Waals surface area (Å²) >= 11 is 1.83. The maximum absolute atomic E-state index is 5.72. The maximum Gasteiger partial charge on any atom is 0.318 e.